The smallest absolute Gasteiger partial charge is 0.340 e. The van der Waals surface area contributed by atoms with Crippen LogP contribution < -0.4 is 14.5 Å². The van der Waals surface area contributed by atoms with E-state index in [2.05, 4.69) is 79.6 Å². The molecule has 4 aromatic rings. The van der Waals surface area contributed by atoms with Crippen molar-refractivity contribution in [2.75, 3.05) is 29.4 Å². The second kappa shape index (κ2) is 12.0. The summed E-state index contributed by atoms with van der Waals surface area (Å²) >= 11 is 0. The Bertz CT molecular complexity index is 1640. The van der Waals surface area contributed by atoms with Crippen molar-refractivity contribution in [3.63, 3.8) is 0 Å². The summed E-state index contributed by atoms with van der Waals surface area (Å²) in [7, 11) is 0. The van der Waals surface area contributed by atoms with Crippen molar-refractivity contribution < 1.29 is 14.3 Å². The molecule has 0 fully saturated rings. The average molecular weight is 573 g/mol. The van der Waals surface area contributed by atoms with E-state index in [1.54, 1.807) is 0 Å². The summed E-state index contributed by atoms with van der Waals surface area (Å²) in [6, 6.07) is 28.7. The number of nitrogens with zero attached hydrogens (tertiary/aromatic N) is 2. The van der Waals surface area contributed by atoms with Crippen LogP contribution in [0, 0.1) is 6.92 Å². The number of benzene rings is 4. The molecule has 0 saturated carbocycles. The molecule has 220 valence electrons. The molecule has 6 rings (SSSR count). The molecule has 2 aliphatic rings. The number of fused-ring (bicyclic) bond motifs is 6. The maximum absolute atomic E-state index is 13.5. The number of ether oxygens (including phenoxy) is 2. The summed E-state index contributed by atoms with van der Waals surface area (Å²) in [4.78, 5) is 18.2. The van der Waals surface area contributed by atoms with Gasteiger partial charge >= 0.3 is 5.97 Å². The molecule has 4 aromatic carbocycles. The van der Waals surface area contributed by atoms with Gasteiger partial charge in [-0.25, -0.2) is 4.79 Å². The van der Waals surface area contributed by atoms with Crippen LogP contribution in [0.15, 0.2) is 97.6 Å². The van der Waals surface area contributed by atoms with Crippen molar-refractivity contribution >= 4 is 23.0 Å². The van der Waals surface area contributed by atoms with Gasteiger partial charge in [0.15, 0.2) is 5.60 Å². The Hall–Kier alpha value is -4.51. The van der Waals surface area contributed by atoms with Gasteiger partial charge in [-0.15, -0.1) is 6.58 Å². The van der Waals surface area contributed by atoms with Crippen molar-refractivity contribution in [2.24, 2.45) is 0 Å². The Balaban J connectivity index is 1.55. The summed E-state index contributed by atoms with van der Waals surface area (Å²) in [5.74, 6) is 1.11. The number of carbonyl (C=O) groups is 1. The molecule has 0 bridgehead atoms. The summed E-state index contributed by atoms with van der Waals surface area (Å²) in [6.45, 7) is 13.2. The Morgan fingerprint density at radius 2 is 1.49 bits per heavy atom. The summed E-state index contributed by atoms with van der Waals surface area (Å²) in [5.41, 5.74) is 6.25. The Labute approximate surface area is 255 Å². The van der Waals surface area contributed by atoms with Crippen LogP contribution in [0.3, 0.4) is 0 Å². The van der Waals surface area contributed by atoms with Crippen LogP contribution in [0.4, 0.5) is 17.1 Å². The summed E-state index contributed by atoms with van der Waals surface area (Å²) in [5, 5.41) is 0. The number of rotatable bonds is 11. The van der Waals surface area contributed by atoms with E-state index < -0.39 is 5.60 Å². The van der Waals surface area contributed by atoms with Gasteiger partial charge in [0.1, 0.15) is 11.5 Å². The van der Waals surface area contributed by atoms with E-state index in [9.17, 15) is 4.79 Å². The zero-order valence-electron chi connectivity index (χ0n) is 25.4. The highest BCUT2D eigenvalue weighted by molar-refractivity contribution is 5.97. The largest absolute Gasteiger partial charge is 0.456 e. The van der Waals surface area contributed by atoms with E-state index in [0.717, 1.165) is 83.8 Å². The minimum absolute atomic E-state index is 0.320. The monoisotopic (exact) mass is 572 g/mol. The maximum atomic E-state index is 13.5. The van der Waals surface area contributed by atoms with Gasteiger partial charge in [0.2, 0.25) is 0 Å². The molecule has 1 atom stereocenters. The normalized spacial score (nSPS) is 16.1. The zero-order valence-corrected chi connectivity index (χ0v) is 25.4. The number of hydrogen-bond acceptors (Lipinski definition) is 5. The Kier molecular flexibility index (Phi) is 7.98. The molecule has 0 aliphatic carbocycles. The number of hydrogen-bond donors (Lipinski definition) is 0. The minimum atomic E-state index is -1.12. The predicted octanol–water partition coefficient (Wildman–Crippen LogP) is 9.29. The molecule has 1 unspecified atom stereocenters. The number of anilines is 3. The van der Waals surface area contributed by atoms with E-state index in [4.69, 9.17) is 9.47 Å². The zero-order chi connectivity index (χ0) is 30.0. The highest BCUT2D eigenvalue weighted by Gasteiger charge is 2.53. The first-order chi connectivity index (χ1) is 21.0. The first-order valence-corrected chi connectivity index (χ1v) is 15.5. The molecule has 1 spiro atoms. The fourth-order valence-corrected chi connectivity index (χ4v) is 6.43. The molecule has 43 heavy (non-hydrogen) atoms. The van der Waals surface area contributed by atoms with Crippen LogP contribution in [0.2, 0.25) is 0 Å². The second-order valence-electron chi connectivity index (χ2n) is 11.5. The van der Waals surface area contributed by atoms with E-state index >= 15 is 0 Å². The molecular weight excluding hydrogens is 532 g/mol. The molecule has 0 aromatic heterocycles. The van der Waals surface area contributed by atoms with Crippen molar-refractivity contribution in [1.29, 1.82) is 0 Å². The molecule has 2 aliphatic heterocycles. The maximum Gasteiger partial charge on any atom is 0.340 e. The number of carbonyl (C=O) groups excluding carboxylic acids is 1. The van der Waals surface area contributed by atoms with Gasteiger partial charge < -0.3 is 19.3 Å². The number of esters is 1. The summed E-state index contributed by atoms with van der Waals surface area (Å²) in [6.07, 6.45) is 6.44. The van der Waals surface area contributed by atoms with Gasteiger partial charge in [-0.1, -0.05) is 69.2 Å². The quantitative estimate of drug-likeness (QED) is 0.132. The van der Waals surface area contributed by atoms with Gasteiger partial charge in [0.25, 0.3) is 0 Å². The van der Waals surface area contributed by atoms with Crippen molar-refractivity contribution in [1.82, 2.24) is 0 Å². The van der Waals surface area contributed by atoms with E-state index in [0.29, 0.717) is 17.9 Å². The third-order valence-corrected chi connectivity index (χ3v) is 8.61. The standard InChI is InChI=1S/C38H40N2O3/c1-5-8-22-39(23-9-6-2)29-19-20-32-36(25-29)42-35-24-27(4)34(40(21-7-3)28-15-11-10-12-16-28)26-33(35)38(32)31-18-14-13-17-30(31)37(41)43-38/h7,10-20,24-26H,3,5-6,8-9,21-23H2,1-2,4H3. The van der Waals surface area contributed by atoms with Gasteiger partial charge in [-0.2, -0.15) is 0 Å². The SMILES string of the molecule is C=CCN(c1ccccc1)c1cc2c(cc1C)Oc1cc(N(CCCC)CCCC)ccc1C21OC(=O)c2ccccc21. The molecule has 2 heterocycles. The fourth-order valence-electron chi connectivity index (χ4n) is 6.43. The lowest BCUT2D eigenvalue weighted by Gasteiger charge is -2.38. The third-order valence-electron chi connectivity index (χ3n) is 8.61. The Morgan fingerprint density at radius 3 is 2.21 bits per heavy atom. The molecular formula is C38H40N2O3. The van der Waals surface area contributed by atoms with Gasteiger partial charge in [-0.3, -0.25) is 0 Å². The molecule has 0 radical (unpaired) electrons. The number of para-hydroxylation sites is 1. The van der Waals surface area contributed by atoms with Crippen LogP contribution >= 0.6 is 0 Å². The van der Waals surface area contributed by atoms with Crippen molar-refractivity contribution in [3.05, 3.63) is 125 Å². The first-order valence-electron chi connectivity index (χ1n) is 15.5. The molecule has 5 heteroatoms. The minimum Gasteiger partial charge on any atom is -0.456 e. The highest BCUT2D eigenvalue weighted by atomic mass is 16.6. The first kappa shape index (κ1) is 28.6. The topological polar surface area (TPSA) is 42.0 Å². The highest BCUT2D eigenvalue weighted by Crippen LogP contribution is 2.57. The lowest BCUT2D eigenvalue weighted by atomic mass is 9.77. The van der Waals surface area contributed by atoms with Gasteiger partial charge in [-0.05, 0) is 67.8 Å². The molecule has 5 nitrogen and oxygen atoms in total. The molecule has 0 N–H and O–H groups in total. The van der Waals surface area contributed by atoms with E-state index in [-0.39, 0.29) is 5.97 Å². The van der Waals surface area contributed by atoms with Crippen molar-refractivity contribution in [3.8, 4) is 11.5 Å². The average Bonchev–Trinajstić information content (AvgIpc) is 3.32. The number of unbranched alkanes of at least 4 members (excludes halogenated alkanes) is 2. The van der Waals surface area contributed by atoms with Crippen LogP contribution in [0.5, 0.6) is 11.5 Å². The van der Waals surface area contributed by atoms with Crippen LogP contribution in [0.1, 0.15) is 72.1 Å². The number of aryl methyl sites for hydroxylation is 1. The summed E-state index contributed by atoms with van der Waals surface area (Å²) < 4.78 is 13.3. The lowest BCUT2D eigenvalue weighted by Crippen LogP contribution is -2.34. The van der Waals surface area contributed by atoms with Crippen LogP contribution in [-0.4, -0.2) is 25.6 Å². The lowest BCUT2D eigenvalue weighted by molar-refractivity contribution is 0.0224. The van der Waals surface area contributed by atoms with Gasteiger partial charge in [0.05, 0.1) is 5.56 Å². The second-order valence-corrected chi connectivity index (χ2v) is 11.5. The predicted molar refractivity (Wildman–Crippen MR) is 175 cm³/mol. The van der Waals surface area contributed by atoms with E-state index in [1.165, 1.54) is 0 Å². The molecule has 0 saturated heterocycles. The molecule has 0 amide bonds. The van der Waals surface area contributed by atoms with Gasteiger partial charge in [0, 0.05) is 59.5 Å². The fraction of sp³-hybridized carbons (Fsp3) is 0.289. The van der Waals surface area contributed by atoms with Crippen LogP contribution in [0.25, 0.3) is 0 Å². The van der Waals surface area contributed by atoms with E-state index in [1.807, 2.05) is 48.5 Å². The van der Waals surface area contributed by atoms with Crippen molar-refractivity contribution in [2.45, 2.75) is 52.1 Å². The Morgan fingerprint density at radius 1 is 0.791 bits per heavy atom. The third kappa shape index (κ3) is 4.97. The van der Waals surface area contributed by atoms with Crippen LogP contribution in [-0.2, 0) is 10.3 Å².